The molecular formula is C8H12Cl3NO6. The molecule has 18 heavy (non-hydrogen) atoms. The van der Waals surface area contributed by atoms with Crippen LogP contribution >= 0.6 is 34.8 Å². The van der Waals surface area contributed by atoms with Crippen LogP contribution < -0.4 is 5.32 Å². The molecule has 0 saturated heterocycles. The SMILES string of the molecule is O=C[C@@H](NC(=O)C(Cl)(Cl)Cl)[C@@H](O)[C@H](O)[C@H](O)CO. The van der Waals surface area contributed by atoms with Crippen molar-refractivity contribution in [1.29, 1.82) is 0 Å². The van der Waals surface area contributed by atoms with Gasteiger partial charge in [0.2, 0.25) is 0 Å². The third-order valence-electron chi connectivity index (χ3n) is 2.00. The molecule has 0 saturated carbocycles. The first-order chi connectivity index (χ1) is 8.15. The third kappa shape index (κ3) is 5.23. The summed E-state index contributed by atoms with van der Waals surface area (Å²) < 4.78 is -2.35. The van der Waals surface area contributed by atoms with Crippen LogP contribution in [0.5, 0.6) is 0 Å². The lowest BCUT2D eigenvalue weighted by atomic mass is 10.0. The number of carbonyl (C=O) groups excluding carboxylic acids is 2. The van der Waals surface area contributed by atoms with Crippen molar-refractivity contribution in [2.45, 2.75) is 28.1 Å². The van der Waals surface area contributed by atoms with Gasteiger partial charge in [0.15, 0.2) is 0 Å². The van der Waals surface area contributed by atoms with Crippen molar-refractivity contribution >= 4 is 47.0 Å². The molecule has 1 amide bonds. The number of rotatable bonds is 6. The van der Waals surface area contributed by atoms with Gasteiger partial charge in [-0.15, -0.1) is 0 Å². The van der Waals surface area contributed by atoms with Gasteiger partial charge in [-0.1, -0.05) is 34.8 Å². The number of alkyl halides is 3. The highest BCUT2D eigenvalue weighted by Gasteiger charge is 2.37. The largest absolute Gasteiger partial charge is 0.394 e. The first kappa shape index (κ1) is 17.8. The average Bonchev–Trinajstić information content (AvgIpc) is 2.31. The summed E-state index contributed by atoms with van der Waals surface area (Å²) in [7, 11) is 0. The maximum Gasteiger partial charge on any atom is 0.272 e. The quantitative estimate of drug-likeness (QED) is 0.287. The molecule has 5 N–H and O–H groups in total. The molecule has 0 aromatic heterocycles. The number of aliphatic hydroxyl groups is 4. The fourth-order valence-corrected chi connectivity index (χ4v) is 1.14. The average molecular weight is 325 g/mol. The van der Waals surface area contributed by atoms with Gasteiger partial charge in [0.1, 0.15) is 30.6 Å². The predicted molar refractivity (Wildman–Crippen MR) is 63.4 cm³/mol. The topological polar surface area (TPSA) is 127 Å². The van der Waals surface area contributed by atoms with E-state index in [1.807, 2.05) is 5.32 Å². The second-order valence-corrected chi connectivity index (χ2v) is 5.65. The van der Waals surface area contributed by atoms with E-state index in [4.69, 9.17) is 45.0 Å². The summed E-state index contributed by atoms with van der Waals surface area (Å²) in [6, 6.07) is -1.61. The minimum atomic E-state index is -2.35. The van der Waals surface area contributed by atoms with Crippen LogP contribution in [0.1, 0.15) is 0 Å². The Balaban J connectivity index is 4.69. The van der Waals surface area contributed by atoms with Gasteiger partial charge in [0, 0.05) is 0 Å². The minimum Gasteiger partial charge on any atom is -0.394 e. The van der Waals surface area contributed by atoms with Crippen molar-refractivity contribution in [3.8, 4) is 0 Å². The zero-order chi connectivity index (χ0) is 14.5. The van der Waals surface area contributed by atoms with E-state index in [1.54, 1.807) is 0 Å². The summed E-state index contributed by atoms with van der Waals surface area (Å²) in [4.78, 5) is 21.9. The van der Waals surface area contributed by atoms with Crippen molar-refractivity contribution < 1.29 is 30.0 Å². The van der Waals surface area contributed by atoms with Gasteiger partial charge in [-0.3, -0.25) is 4.79 Å². The molecule has 0 aliphatic rings. The molecule has 0 aromatic carbocycles. The fraction of sp³-hybridized carbons (Fsp3) is 0.750. The lowest BCUT2D eigenvalue weighted by Gasteiger charge is -2.27. The van der Waals surface area contributed by atoms with E-state index in [1.165, 1.54) is 0 Å². The van der Waals surface area contributed by atoms with E-state index in [-0.39, 0.29) is 6.29 Å². The molecular weight excluding hydrogens is 312 g/mol. The molecule has 0 fully saturated rings. The molecule has 0 rings (SSSR count). The zero-order valence-corrected chi connectivity index (χ0v) is 11.1. The molecule has 10 heteroatoms. The third-order valence-corrected chi connectivity index (χ3v) is 2.52. The van der Waals surface area contributed by atoms with E-state index in [0.29, 0.717) is 0 Å². The summed E-state index contributed by atoms with van der Waals surface area (Å²) in [5, 5.41) is 38.3. The van der Waals surface area contributed by atoms with Crippen molar-refractivity contribution in [3.05, 3.63) is 0 Å². The fourth-order valence-electron chi connectivity index (χ4n) is 0.981. The van der Waals surface area contributed by atoms with Gasteiger partial charge in [-0.2, -0.15) is 0 Å². The minimum absolute atomic E-state index is 0.0896. The van der Waals surface area contributed by atoms with Crippen LogP contribution in [-0.2, 0) is 9.59 Å². The van der Waals surface area contributed by atoms with Crippen LogP contribution in [0.25, 0.3) is 0 Å². The van der Waals surface area contributed by atoms with Gasteiger partial charge < -0.3 is 30.5 Å². The maximum atomic E-state index is 11.2. The summed E-state index contributed by atoms with van der Waals surface area (Å²) >= 11 is 15.7. The number of hydrogen-bond donors (Lipinski definition) is 5. The maximum absolute atomic E-state index is 11.2. The molecule has 0 aromatic rings. The lowest BCUT2D eigenvalue weighted by Crippen LogP contribution is -2.55. The standard InChI is InChI=1S/C8H12Cl3NO6/c9-8(10,11)7(18)12-3(1-13)5(16)6(17)4(15)2-14/h1,3-6,14-17H,2H2,(H,12,18)/t3-,4-,5-,6-/m1/s1. The number of amides is 1. The Morgan fingerprint density at radius 3 is 2.06 bits per heavy atom. The van der Waals surface area contributed by atoms with Gasteiger partial charge in [-0.05, 0) is 0 Å². The van der Waals surface area contributed by atoms with E-state index in [0.717, 1.165) is 0 Å². The number of aliphatic hydroxyl groups excluding tert-OH is 4. The highest BCUT2D eigenvalue weighted by Crippen LogP contribution is 2.26. The number of aldehydes is 1. The molecule has 0 unspecified atom stereocenters. The second kappa shape index (κ2) is 7.44. The van der Waals surface area contributed by atoms with E-state index in [2.05, 4.69) is 0 Å². The monoisotopic (exact) mass is 323 g/mol. The number of halogens is 3. The van der Waals surface area contributed by atoms with Crippen LogP contribution in [-0.4, -0.2) is 67.4 Å². The Morgan fingerprint density at radius 1 is 1.22 bits per heavy atom. The van der Waals surface area contributed by atoms with Gasteiger partial charge in [0.05, 0.1) is 6.61 Å². The Bertz CT molecular complexity index is 297. The Kier molecular flexibility index (Phi) is 7.38. The first-order valence-electron chi connectivity index (χ1n) is 4.63. The molecule has 106 valence electrons. The van der Waals surface area contributed by atoms with E-state index < -0.39 is 40.7 Å². The molecule has 0 heterocycles. The van der Waals surface area contributed by atoms with Crippen molar-refractivity contribution in [2.24, 2.45) is 0 Å². The molecule has 0 spiro atoms. The summed E-state index contributed by atoms with van der Waals surface area (Å²) in [5.41, 5.74) is 0. The van der Waals surface area contributed by atoms with Crippen LogP contribution in [0.3, 0.4) is 0 Å². The van der Waals surface area contributed by atoms with Crippen molar-refractivity contribution in [2.75, 3.05) is 6.61 Å². The summed E-state index contributed by atoms with van der Waals surface area (Å²) in [5.74, 6) is -1.19. The highest BCUT2D eigenvalue weighted by molar-refractivity contribution is 6.76. The van der Waals surface area contributed by atoms with E-state index >= 15 is 0 Å². The van der Waals surface area contributed by atoms with Crippen LogP contribution in [0.4, 0.5) is 0 Å². The van der Waals surface area contributed by atoms with Gasteiger partial charge in [0.25, 0.3) is 9.70 Å². The number of nitrogens with one attached hydrogen (secondary N) is 1. The molecule has 0 bridgehead atoms. The van der Waals surface area contributed by atoms with Crippen molar-refractivity contribution in [1.82, 2.24) is 5.32 Å². The lowest BCUT2D eigenvalue weighted by molar-refractivity contribution is -0.130. The number of hydrogen-bond acceptors (Lipinski definition) is 6. The summed E-state index contributed by atoms with van der Waals surface area (Å²) in [6.07, 6.45) is -5.33. The Labute approximate surface area is 117 Å². The Hall–Kier alpha value is -0.150. The highest BCUT2D eigenvalue weighted by atomic mass is 35.6. The van der Waals surface area contributed by atoms with Crippen LogP contribution in [0.2, 0.25) is 0 Å². The molecule has 0 aliphatic carbocycles. The van der Waals surface area contributed by atoms with Crippen LogP contribution in [0, 0.1) is 0 Å². The Morgan fingerprint density at radius 2 is 1.72 bits per heavy atom. The molecule has 4 atom stereocenters. The molecule has 0 aliphatic heterocycles. The van der Waals surface area contributed by atoms with Crippen LogP contribution in [0.15, 0.2) is 0 Å². The summed E-state index contributed by atoms with van der Waals surface area (Å²) in [6.45, 7) is -0.845. The van der Waals surface area contributed by atoms with Gasteiger partial charge in [-0.25, -0.2) is 0 Å². The predicted octanol–water partition coefficient (Wildman–Crippen LogP) is -1.88. The van der Waals surface area contributed by atoms with Gasteiger partial charge >= 0.3 is 0 Å². The molecule has 7 nitrogen and oxygen atoms in total. The number of carbonyl (C=O) groups is 2. The zero-order valence-electron chi connectivity index (χ0n) is 8.83. The molecule has 0 radical (unpaired) electrons. The van der Waals surface area contributed by atoms with E-state index in [9.17, 15) is 19.8 Å². The second-order valence-electron chi connectivity index (χ2n) is 3.36. The van der Waals surface area contributed by atoms with Crippen molar-refractivity contribution in [3.63, 3.8) is 0 Å². The smallest absolute Gasteiger partial charge is 0.272 e. The first-order valence-corrected chi connectivity index (χ1v) is 5.76. The normalized spacial score (nSPS) is 18.6.